The summed E-state index contributed by atoms with van der Waals surface area (Å²) in [7, 11) is 0. The van der Waals surface area contributed by atoms with Gasteiger partial charge >= 0.3 is 5.97 Å². The van der Waals surface area contributed by atoms with E-state index in [1.165, 1.54) is 25.7 Å². The monoisotopic (exact) mass is 406 g/mol. The largest absolute Gasteiger partial charge is 0.481 e. The Labute approximate surface area is 176 Å². The number of fused-ring (bicyclic) bond motifs is 5. The van der Waals surface area contributed by atoms with E-state index in [4.69, 9.17) is 0 Å². The van der Waals surface area contributed by atoms with Gasteiger partial charge in [-0.1, -0.05) is 27.7 Å². The smallest absolute Gasteiger partial charge is 0.306 e. The lowest BCUT2D eigenvalue weighted by molar-refractivity contribution is -0.174. The molecular weight excluding hydrogens is 364 g/mol. The van der Waals surface area contributed by atoms with Gasteiger partial charge in [0, 0.05) is 0 Å². The lowest BCUT2D eigenvalue weighted by Gasteiger charge is -2.62. The highest BCUT2D eigenvalue weighted by Gasteiger charge is 2.62. The van der Waals surface area contributed by atoms with Crippen LogP contribution < -0.4 is 0 Å². The molecule has 0 heterocycles. The van der Waals surface area contributed by atoms with E-state index < -0.39 is 5.97 Å². The zero-order valence-electron chi connectivity index (χ0n) is 18.8. The molecule has 4 aliphatic rings. The van der Waals surface area contributed by atoms with E-state index in [-0.39, 0.29) is 29.0 Å². The maximum absolute atomic E-state index is 11.4. The van der Waals surface area contributed by atoms with Crippen molar-refractivity contribution < 1.29 is 20.1 Å². The second kappa shape index (κ2) is 7.51. The first kappa shape index (κ1) is 21.6. The number of aliphatic hydroxyl groups excluding tert-OH is 2. The summed E-state index contributed by atoms with van der Waals surface area (Å²) in [6.45, 7) is 9.02. The van der Waals surface area contributed by atoms with Gasteiger partial charge in [-0.25, -0.2) is 0 Å². The summed E-state index contributed by atoms with van der Waals surface area (Å²) in [5, 5.41) is 30.9. The van der Waals surface area contributed by atoms with Crippen LogP contribution in [0.3, 0.4) is 0 Å². The maximum atomic E-state index is 11.4. The molecule has 0 aromatic carbocycles. The van der Waals surface area contributed by atoms with Crippen molar-refractivity contribution in [1.29, 1.82) is 0 Å². The number of hydrogen-bond acceptors (Lipinski definition) is 3. The lowest BCUT2D eigenvalue weighted by Crippen LogP contribution is -2.58. The Morgan fingerprint density at radius 1 is 0.966 bits per heavy atom. The predicted octanol–water partition coefficient (Wildman–Crippen LogP) is 4.72. The molecule has 0 aliphatic heterocycles. The van der Waals surface area contributed by atoms with Gasteiger partial charge < -0.3 is 15.3 Å². The Balaban J connectivity index is 1.56. The number of hydrogen-bond donors (Lipinski definition) is 3. The fourth-order valence-electron chi connectivity index (χ4n) is 9.00. The molecule has 4 nitrogen and oxygen atoms in total. The van der Waals surface area contributed by atoms with Crippen molar-refractivity contribution in [3.63, 3.8) is 0 Å². The molecule has 5 unspecified atom stereocenters. The minimum absolute atomic E-state index is 0.182. The topological polar surface area (TPSA) is 77.8 Å². The molecule has 4 saturated carbocycles. The molecule has 29 heavy (non-hydrogen) atoms. The van der Waals surface area contributed by atoms with Crippen LogP contribution in [-0.4, -0.2) is 33.5 Å². The van der Waals surface area contributed by atoms with Crippen molar-refractivity contribution in [2.24, 2.45) is 52.3 Å². The molecule has 0 bridgehead atoms. The SMILES string of the molecule is CC(C[C@@H](C)[C@H]1CCC2C3C(CC[C@@]21C)[C@@]1(C)CC[C@@H](O)CC1C[C@H]3O)C(=O)O. The molecule has 4 rings (SSSR count). The predicted molar refractivity (Wildman–Crippen MR) is 113 cm³/mol. The Bertz CT molecular complexity index is 634. The molecule has 3 N–H and O–H groups in total. The van der Waals surface area contributed by atoms with E-state index in [9.17, 15) is 20.1 Å². The molecule has 0 radical (unpaired) electrons. The molecular formula is C25H42O4. The van der Waals surface area contributed by atoms with Crippen molar-refractivity contribution >= 4 is 5.97 Å². The molecule has 4 aliphatic carbocycles. The summed E-state index contributed by atoms with van der Waals surface area (Å²) >= 11 is 0. The Kier molecular flexibility index (Phi) is 5.60. The summed E-state index contributed by atoms with van der Waals surface area (Å²) in [6.07, 6.45) is 8.87. The molecule has 4 heteroatoms. The highest BCUT2D eigenvalue weighted by molar-refractivity contribution is 5.69. The number of carboxylic acids is 1. The molecule has 0 amide bonds. The third-order valence-corrected chi connectivity index (χ3v) is 10.6. The van der Waals surface area contributed by atoms with Crippen LogP contribution in [-0.2, 0) is 4.79 Å². The Hall–Kier alpha value is -0.610. The Morgan fingerprint density at radius 3 is 2.31 bits per heavy atom. The number of rotatable bonds is 4. The molecule has 11 atom stereocenters. The third-order valence-electron chi connectivity index (χ3n) is 10.6. The van der Waals surface area contributed by atoms with Crippen LogP contribution >= 0.6 is 0 Å². The second-order valence-corrected chi connectivity index (χ2v) is 11.9. The first-order valence-electron chi connectivity index (χ1n) is 12.2. The van der Waals surface area contributed by atoms with E-state index in [1.807, 2.05) is 6.92 Å². The highest BCUT2D eigenvalue weighted by Crippen LogP contribution is 2.68. The van der Waals surface area contributed by atoms with Gasteiger partial charge in [0.15, 0.2) is 0 Å². The van der Waals surface area contributed by atoms with Gasteiger partial charge in [0.25, 0.3) is 0 Å². The molecule has 0 spiro atoms. The normalized spacial score (nSPS) is 51.4. The lowest BCUT2D eigenvalue weighted by atomic mass is 9.43. The van der Waals surface area contributed by atoms with Gasteiger partial charge in [0.2, 0.25) is 0 Å². The van der Waals surface area contributed by atoms with Crippen molar-refractivity contribution in [1.82, 2.24) is 0 Å². The summed E-state index contributed by atoms with van der Waals surface area (Å²) in [5.74, 6) is 2.02. The number of carboxylic acid groups (broad SMARTS) is 1. The summed E-state index contributed by atoms with van der Waals surface area (Å²) in [6, 6.07) is 0. The average Bonchev–Trinajstić information content (AvgIpc) is 3.00. The molecule has 0 aromatic heterocycles. The van der Waals surface area contributed by atoms with Gasteiger partial charge in [0.05, 0.1) is 18.1 Å². The van der Waals surface area contributed by atoms with Gasteiger partial charge in [-0.15, -0.1) is 0 Å². The van der Waals surface area contributed by atoms with Gasteiger partial charge in [0.1, 0.15) is 0 Å². The van der Waals surface area contributed by atoms with Crippen molar-refractivity contribution in [2.75, 3.05) is 0 Å². The van der Waals surface area contributed by atoms with E-state index in [0.717, 1.165) is 32.1 Å². The number of aliphatic hydroxyl groups is 2. The highest BCUT2D eigenvalue weighted by atomic mass is 16.4. The fourth-order valence-corrected chi connectivity index (χ4v) is 9.00. The van der Waals surface area contributed by atoms with Crippen LogP contribution in [0.5, 0.6) is 0 Å². The van der Waals surface area contributed by atoms with Gasteiger partial charge in [-0.3, -0.25) is 4.79 Å². The van der Waals surface area contributed by atoms with Crippen molar-refractivity contribution in [3.8, 4) is 0 Å². The minimum atomic E-state index is -0.679. The zero-order valence-corrected chi connectivity index (χ0v) is 18.8. The first-order valence-corrected chi connectivity index (χ1v) is 12.2. The molecule has 0 saturated heterocycles. The second-order valence-electron chi connectivity index (χ2n) is 11.9. The van der Waals surface area contributed by atoms with Gasteiger partial charge in [-0.05, 0) is 104 Å². The van der Waals surface area contributed by atoms with Crippen LogP contribution in [0.25, 0.3) is 0 Å². The van der Waals surface area contributed by atoms with Gasteiger partial charge in [-0.2, -0.15) is 0 Å². The van der Waals surface area contributed by atoms with Crippen LogP contribution in [0.4, 0.5) is 0 Å². The van der Waals surface area contributed by atoms with E-state index in [0.29, 0.717) is 35.5 Å². The molecule has 166 valence electrons. The van der Waals surface area contributed by atoms with Crippen LogP contribution in [0.2, 0.25) is 0 Å². The maximum Gasteiger partial charge on any atom is 0.306 e. The standard InChI is InChI=1S/C25H42O4/c1-14(11-15(2)23(28)29)18-5-6-19-22-20(8-10-25(18,19)4)24(3)9-7-17(26)12-16(24)13-21(22)27/h14-22,26-27H,5-13H2,1-4H3,(H,28,29)/t14-,15?,16?,17-,18-,19?,20?,21-,22?,24+,25-/m1/s1. The summed E-state index contributed by atoms with van der Waals surface area (Å²) < 4.78 is 0. The summed E-state index contributed by atoms with van der Waals surface area (Å²) in [4.78, 5) is 11.4. The van der Waals surface area contributed by atoms with E-state index in [2.05, 4.69) is 20.8 Å². The minimum Gasteiger partial charge on any atom is -0.481 e. The van der Waals surface area contributed by atoms with Crippen molar-refractivity contribution in [2.45, 2.75) is 97.7 Å². The number of carbonyl (C=O) groups is 1. The van der Waals surface area contributed by atoms with E-state index >= 15 is 0 Å². The third kappa shape index (κ3) is 3.37. The van der Waals surface area contributed by atoms with Crippen LogP contribution in [0.15, 0.2) is 0 Å². The quantitative estimate of drug-likeness (QED) is 0.631. The fraction of sp³-hybridized carbons (Fsp3) is 0.960. The molecule has 4 fully saturated rings. The van der Waals surface area contributed by atoms with Crippen LogP contribution in [0, 0.1) is 52.3 Å². The Morgan fingerprint density at radius 2 is 1.62 bits per heavy atom. The van der Waals surface area contributed by atoms with Crippen molar-refractivity contribution in [3.05, 3.63) is 0 Å². The van der Waals surface area contributed by atoms with E-state index in [1.54, 1.807) is 0 Å². The van der Waals surface area contributed by atoms with Crippen LogP contribution in [0.1, 0.15) is 85.5 Å². The summed E-state index contributed by atoms with van der Waals surface area (Å²) in [5.41, 5.74) is 0.503. The number of aliphatic carboxylic acids is 1. The molecule has 0 aromatic rings. The zero-order chi connectivity index (χ0) is 21.1. The first-order chi connectivity index (χ1) is 13.6. The average molecular weight is 407 g/mol.